The van der Waals surface area contributed by atoms with Crippen molar-refractivity contribution < 1.29 is 0 Å². The third-order valence-electron chi connectivity index (χ3n) is 3.40. The zero-order chi connectivity index (χ0) is 16.7. The van der Waals surface area contributed by atoms with E-state index in [4.69, 9.17) is 5.73 Å². The van der Waals surface area contributed by atoms with Gasteiger partial charge in [0.15, 0.2) is 5.96 Å². The van der Waals surface area contributed by atoms with Crippen LogP contribution in [0, 0.1) is 0 Å². The molecule has 0 bridgehead atoms. The Balaban J connectivity index is 0.00000288. The van der Waals surface area contributed by atoms with Crippen LogP contribution in [-0.2, 0) is 19.5 Å². The van der Waals surface area contributed by atoms with E-state index in [1.54, 1.807) is 0 Å². The number of imidazole rings is 1. The first kappa shape index (κ1) is 20.5. The predicted octanol–water partition coefficient (Wildman–Crippen LogP) is 3.34. The number of nitrogens with zero attached hydrogens (tertiary/aromatic N) is 3. The molecule has 0 aliphatic heterocycles. The summed E-state index contributed by atoms with van der Waals surface area (Å²) in [4.78, 5) is 8.76. The van der Waals surface area contributed by atoms with Crippen LogP contribution in [0.25, 0.3) is 0 Å². The number of aryl methyl sites for hydroxylation is 2. The Kier molecular flexibility index (Phi) is 8.24. The van der Waals surface area contributed by atoms with Crippen molar-refractivity contribution in [3.05, 3.63) is 54.1 Å². The minimum absolute atomic E-state index is 0. The highest BCUT2D eigenvalue weighted by Gasteiger charge is 2.10. The summed E-state index contributed by atoms with van der Waals surface area (Å²) in [5, 5.41) is 3.16. The topological polar surface area (TPSA) is 68.2 Å². The van der Waals surface area contributed by atoms with Crippen LogP contribution < -0.4 is 11.1 Å². The highest BCUT2D eigenvalue weighted by molar-refractivity contribution is 14.0. The third kappa shape index (κ3) is 7.33. The average molecular weight is 441 g/mol. The molecule has 1 aromatic carbocycles. The Labute approximate surface area is 161 Å². The smallest absolute Gasteiger partial charge is 0.189 e. The van der Waals surface area contributed by atoms with E-state index in [0.717, 1.165) is 25.2 Å². The molecule has 6 heteroatoms. The van der Waals surface area contributed by atoms with Gasteiger partial charge in [0, 0.05) is 24.5 Å². The van der Waals surface area contributed by atoms with Gasteiger partial charge in [0.25, 0.3) is 0 Å². The molecule has 0 atom stereocenters. The van der Waals surface area contributed by atoms with Crippen molar-refractivity contribution in [2.75, 3.05) is 0 Å². The molecule has 0 amide bonds. The molecule has 0 unspecified atom stereocenters. The molecule has 24 heavy (non-hydrogen) atoms. The lowest BCUT2D eigenvalue weighted by Gasteiger charge is -2.21. The number of nitrogens with one attached hydrogen (secondary N) is 1. The van der Waals surface area contributed by atoms with Gasteiger partial charge in [0.1, 0.15) is 12.4 Å². The molecule has 132 valence electrons. The van der Waals surface area contributed by atoms with Crippen molar-refractivity contribution in [1.82, 2.24) is 14.9 Å². The molecule has 0 radical (unpaired) electrons. The second-order valence-electron chi connectivity index (χ2n) is 6.70. The van der Waals surface area contributed by atoms with E-state index in [2.05, 4.69) is 64.9 Å². The number of nitrogens with two attached hydrogens (primary N) is 1. The zero-order valence-corrected chi connectivity index (χ0v) is 17.0. The van der Waals surface area contributed by atoms with Gasteiger partial charge >= 0.3 is 0 Å². The lowest BCUT2D eigenvalue weighted by atomic mass is 10.1. The predicted molar refractivity (Wildman–Crippen MR) is 111 cm³/mol. The van der Waals surface area contributed by atoms with Crippen LogP contribution in [0.2, 0.25) is 0 Å². The van der Waals surface area contributed by atoms with Crippen molar-refractivity contribution in [3.8, 4) is 0 Å². The summed E-state index contributed by atoms with van der Waals surface area (Å²) in [7, 11) is 0. The van der Waals surface area contributed by atoms with E-state index in [1.165, 1.54) is 5.56 Å². The van der Waals surface area contributed by atoms with Crippen LogP contribution in [0.1, 0.15) is 38.6 Å². The maximum Gasteiger partial charge on any atom is 0.189 e. The highest BCUT2D eigenvalue weighted by atomic mass is 127. The fraction of sp³-hybridized carbons (Fsp3) is 0.444. The molecule has 1 heterocycles. The van der Waals surface area contributed by atoms with Gasteiger partial charge in [-0.15, -0.1) is 24.0 Å². The molecule has 0 aliphatic rings. The Morgan fingerprint density at radius 3 is 2.62 bits per heavy atom. The number of aromatic nitrogens is 2. The number of hydrogen-bond donors (Lipinski definition) is 2. The molecular weight excluding hydrogens is 413 g/mol. The van der Waals surface area contributed by atoms with Gasteiger partial charge < -0.3 is 15.6 Å². The molecule has 0 aliphatic carbocycles. The summed E-state index contributed by atoms with van der Waals surface area (Å²) in [6, 6.07) is 10.5. The maximum absolute atomic E-state index is 5.90. The second kappa shape index (κ2) is 9.66. The van der Waals surface area contributed by atoms with Crippen LogP contribution in [0.4, 0.5) is 0 Å². The van der Waals surface area contributed by atoms with Gasteiger partial charge in [-0.25, -0.2) is 9.98 Å². The summed E-state index contributed by atoms with van der Waals surface area (Å²) in [5.41, 5.74) is 7.19. The first-order chi connectivity index (χ1) is 10.9. The maximum atomic E-state index is 5.90. The van der Waals surface area contributed by atoms with Gasteiger partial charge in [0.2, 0.25) is 0 Å². The van der Waals surface area contributed by atoms with Gasteiger partial charge in [-0.2, -0.15) is 0 Å². The van der Waals surface area contributed by atoms with Crippen LogP contribution in [-0.4, -0.2) is 21.0 Å². The second-order valence-corrected chi connectivity index (χ2v) is 6.70. The van der Waals surface area contributed by atoms with Crippen LogP contribution >= 0.6 is 24.0 Å². The zero-order valence-electron chi connectivity index (χ0n) is 14.7. The normalized spacial score (nSPS) is 11.9. The van der Waals surface area contributed by atoms with Crippen molar-refractivity contribution in [2.45, 2.75) is 52.2 Å². The minimum Gasteiger partial charge on any atom is -0.370 e. The van der Waals surface area contributed by atoms with Crippen LogP contribution in [0.5, 0.6) is 0 Å². The average Bonchev–Trinajstić information content (AvgIpc) is 2.92. The highest BCUT2D eigenvalue weighted by Crippen LogP contribution is 2.06. The molecule has 2 aromatic rings. The molecular formula is C18H28IN5. The SMILES string of the molecule is CC(C)(C)NC(N)=NCc1nccn1CCCc1ccccc1.I. The van der Waals surface area contributed by atoms with Crippen molar-refractivity contribution in [3.63, 3.8) is 0 Å². The Hall–Kier alpha value is -1.57. The molecule has 0 saturated carbocycles. The Bertz CT molecular complexity index is 628. The van der Waals surface area contributed by atoms with E-state index >= 15 is 0 Å². The van der Waals surface area contributed by atoms with E-state index in [9.17, 15) is 0 Å². The molecule has 0 saturated heterocycles. The summed E-state index contributed by atoms with van der Waals surface area (Å²) < 4.78 is 2.15. The molecule has 5 nitrogen and oxygen atoms in total. The quantitative estimate of drug-likeness (QED) is 0.411. The summed E-state index contributed by atoms with van der Waals surface area (Å²) in [6.45, 7) is 7.60. The standard InChI is InChI=1S/C18H27N5.HI/c1-18(2,3)22-17(19)21-14-16-20-11-13-23(16)12-7-10-15-8-5-4-6-9-15;/h4-6,8-9,11,13H,7,10,12,14H2,1-3H3,(H3,19,21,22);1H. The fourth-order valence-corrected chi connectivity index (χ4v) is 2.37. The van der Waals surface area contributed by atoms with Crippen molar-refractivity contribution in [2.24, 2.45) is 10.7 Å². The van der Waals surface area contributed by atoms with Crippen LogP contribution in [0.15, 0.2) is 47.7 Å². The summed E-state index contributed by atoms with van der Waals surface area (Å²) >= 11 is 0. The first-order valence-electron chi connectivity index (χ1n) is 8.06. The van der Waals surface area contributed by atoms with E-state index < -0.39 is 0 Å². The number of guanidine groups is 1. The molecule has 0 spiro atoms. The lowest BCUT2D eigenvalue weighted by Crippen LogP contribution is -2.45. The van der Waals surface area contributed by atoms with E-state index in [-0.39, 0.29) is 29.5 Å². The fourth-order valence-electron chi connectivity index (χ4n) is 2.37. The summed E-state index contributed by atoms with van der Waals surface area (Å²) in [6.07, 6.45) is 5.96. The largest absolute Gasteiger partial charge is 0.370 e. The number of hydrogen-bond acceptors (Lipinski definition) is 2. The Morgan fingerprint density at radius 1 is 1.25 bits per heavy atom. The number of rotatable bonds is 6. The number of benzene rings is 1. The van der Waals surface area contributed by atoms with Crippen molar-refractivity contribution >= 4 is 29.9 Å². The van der Waals surface area contributed by atoms with Crippen molar-refractivity contribution in [1.29, 1.82) is 0 Å². The van der Waals surface area contributed by atoms with Gasteiger partial charge in [-0.3, -0.25) is 0 Å². The van der Waals surface area contributed by atoms with Gasteiger partial charge in [-0.1, -0.05) is 30.3 Å². The lowest BCUT2D eigenvalue weighted by molar-refractivity contribution is 0.507. The number of halogens is 1. The van der Waals surface area contributed by atoms with E-state index in [1.807, 2.05) is 18.5 Å². The Morgan fingerprint density at radius 2 is 1.96 bits per heavy atom. The van der Waals surface area contributed by atoms with Gasteiger partial charge in [-0.05, 0) is 39.2 Å². The first-order valence-corrected chi connectivity index (χ1v) is 8.06. The molecule has 3 N–H and O–H groups in total. The molecule has 0 fully saturated rings. The van der Waals surface area contributed by atoms with E-state index in [0.29, 0.717) is 12.5 Å². The van der Waals surface area contributed by atoms with Gasteiger partial charge in [0.05, 0.1) is 0 Å². The molecule has 1 aromatic heterocycles. The van der Waals surface area contributed by atoms with Crippen LogP contribution in [0.3, 0.4) is 0 Å². The molecule has 2 rings (SSSR count). The minimum atomic E-state index is -0.0846. The monoisotopic (exact) mass is 441 g/mol. The third-order valence-corrected chi connectivity index (χ3v) is 3.40. The number of aliphatic imine (C=N–C) groups is 1. The summed E-state index contributed by atoms with van der Waals surface area (Å²) in [5.74, 6) is 1.40.